The number of rotatable bonds is 3. The van der Waals surface area contributed by atoms with E-state index in [0.717, 1.165) is 26.1 Å². The number of thioether (sulfide) groups is 1. The average molecular weight is 288 g/mol. The summed E-state index contributed by atoms with van der Waals surface area (Å²) in [6.45, 7) is 4.15. The van der Waals surface area contributed by atoms with Crippen molar-refractivity contribution < 1.29 is 19.4 Å². The molecule has 0 aromatic heterocycles. The van der Waals surface area contributed by atoms with Crippen LogP contribution in [0.25, 0.3) is 0 Å². The number of carboxylic acid groups (broad SMARTS) is 1. The number of carbonyl (C=O) groups is 2. The molecule has 0 bridgehead atoms. The van der Waals surface area contributed by atoms with E-state index < -0.39 is 12.0 Å². The van der Waals surface area contributed by atoms with Gasteiger partial charge in [-0.2, -0.15) is 0 Å². The lowest BCUT2D eigenvalue weighted by Gasteiger charge is -2.34. The molecule has 108 valence electrons. The molecule has 2 amide bonds. The molecular weight excluding hydrogens is 268 g/mol. The summed E-state index contributed by atoms with van der Waals surface area (Å²) in [6, 6.07) is -0.974. The van der Waals surface area contributed by atoms with Crippen molar-refractivity contribution in [3.8, 4) is 0 Å². The highest BCUT2D eigenvalue weighted by atomic mass is 32.2. The molecule has 2 aliphatic heterocycles. The second kappa shape index (κ2) is 6.00. The van der Waals surface area contributed by atoms with Crippen molar-refractivity contribution in [3.63, 3.8) is 0 Å². The summed E-state index contributed by atoms with van der Waals surface area (Å²) in [5.74, 6) is -0.0198. The molecule has 2 rings (SSSR count). The van der Waals surface area contributed by atoms with Crippen LogP contribution >= 0.6 is 11.8 Å². The summed E-state index contributed by atoms with van der Waals surface area (Å²) in [7, 11) is 0. The van der Waals surface area contributed by atoms with Crippen LogP contribution in [0.3, 0.4) is 0 Å². The molecule has 6 nitrogen and oxygen atoms in total. The van der Waals surface area contributed by atoms with E-state index in [1.54, 1.807) is 0 Å². The fourth-order valence-corrected chi connectivity index (χ4v) is 3.42. The first-order valence-corrected chi connectivity index (χ1v) is 7.60. The summed E-state index contributed by atoms with van der Waals surface area (Å²) in [6.07, 6.45) is 1.84. The van der Waals surface area contributed by atoms with E-state index in [2.05, 4.69) is 12.2 Å². The molecule has 0 unspecified atom stereocenters. The van der Waals surface area contributed by atoms with E-state index in [4.69, 9.17) is 9.84 Å². The van der Waals surface area contributed by atoms with Crippen LogP contribution in [-0.4, -0.2) is 59.4 Å². The Labute approximate surface area is 116 Å². The van der Waals surface area contributed by atoms with Crippen molar-refractivity contribution in [1.29, 1.82) is 0 Å². The molecule has 2 N–H and O–H groups in total. The topological polar surface area (TPSA) is 78.9 Å². The van der Waals surface area contributed by atoms with Crippen LogP contribution in [0.4, 0.5) is 4.79 Å². The number of carbonyl (C=O) groups excluding carboxylic acids is 1. The molecule has 2 fully saturated rings. The van der Waals surface area contributed by atoms with E-state index in [1.165, 1.54) is 16.7 Å². The first-order chi connectivity index (χ1) is 9.02. The maximum Gasteiger partial charge on any atom is 0.327 e. The number of amides is 2. The summed E-state index contributed by atoms with van der Waals surface area (Å²) in [5, 5.41) is 11.9. The van der Waals surface area contributed by atoms with Crippen LogP contribution in [0.1, 0.15) is 19.8 Å². The molecule has 0 aliphatic carbocycles. The number of aliphatic carboxylic acids is 1. The lowest BCUT2D eigenvalue weighted by atomic mass is 9.82. The lowest BCUT2D eigenvalue weighted by Crippen LogP contribution is -2.49. The zero-order valence-electron chi connectivity index (χ0n) is 11.1. The van der Waals surface area contributed by atoms with E-state index >= 15 is 0 Å². The minimum Gasteiger partial charge on any atom is -0.480 e. The van der Waals surface area contributed by atoms with Gasteiger partial charge in [0, 0.05) is 25.5 Å². The maximum atomic E-state index is 12.1. The van der Waals surface area contributed by atoms with E-state index in [0.29, 0.717) is 18.2 Å². The van der Waals surface area contributed by atoms with Crippen molar-refractivity contribution in [1.82, 2.24) is 10.2 Å². The summed E-state index contributed by atoms with van der Waals surface area (Å²) in [4.78, 5) is 24.5. The van der Waals surface area contributed by atoms with Gasteiger partial charge < -0.3 is 20.1 Å². The summed E-state index contributed by atoms with van der Waals surface area (Å²) < 4.78 is 5.32. The maximum absolute atomic E-state index is 12.1. The number of urea groups is 1. The molecule has 0 aromatic carbocycles. The molecule has 7 heteroatoms. The molecule has 0 spiro atoms. The molecule has 0 radical (unpaired) electrons. The lowest BCUT2D eigenvalue weighted by molar-refractivity contribution is -0.140. The summed E-state index contributed by atoms with van der Waals surface area (Å²) in [5.41, 5.74) is 0.0551. The zero-order chi connectivity index (χ0) is 13.9. The Morgan fingerprint density at radius 1 is 1.47 bits per heavy atom. The third-order valence-corrected chi connectivity index (χ3v) is 4.81. The third-order valence-electron chi connectivity index (χ3n) is 3.79. The van der Waals surface area contributed by atoms with Crippen molar-refractivity contribution in [3.05, 3.63) is 0 Å². The minimum absolute atomic E-state index is 0.0551. The number of ether oxygens (including phenoxy) is 1. The van der Waals surface area contributed by atoms with Crippen molar-refractivity contribution in [2.24, 2.45) is 5.41 Å². The smallest absolute Gasteiger partial charge is 0.327 e. The van der Waals surface area contributed by atoms with Gasteiger partial charge in [0.25, 0.3) is 0 Å². The van der Waals surface area contributed by atoms with Crippen LogP contribution in [0.2, 0.25) is 0 Å². The molecular formula is C12H20N2O4S. The molecule has 1 atom stereocenters. The van der Waals surface area contributed by atoms with Gasteiger partial charge in [-0.05, 0) is 18.3 Å². The molecule has 2 heterocycles. The van der Waals surface area contributed by atoms with E-state index in [9.17, 15) is 9.59 Å². The van der Waals surface area contributed by atoms with Gasteiger partial charge in [-0.15, -0.1) is 11.8 Å². The Kier molecular flexibility index (Phi) is 4.57. The van der Waals surface area contributed by atoms with E-state index in [-0.39, 0.29) is 11.4 Å². The molecule has 0 aromatic rings. The van der Waals surface area contributed by atoms with Crippen molar-refractivity contribution >= 4 is 23.8 Å². The molecule has 19 heavy (non-hydrogen) atoms. The van der Waals surface area contributed by atoms with Gasteiger partial charge in [0.1, 0.15) is 6.04 Å². The average Bonchev–Trinajstić information content (AvgIpc) is 2.86. The second-order valence-corrected chi connectivity index (χ2v) is 6.41. The first-order valence-electron chi connectivity index (χ1n) is 6.45. The quantitative estimate of drug-likeness (QED) is 0.809. The van der Waals surface area contributed by atoms with Crippen molar-refractivity contribution in [2.75, 3.05) is 31.4 Å². The minimum atomic E-state index is -0.933. The summed E-state index contributed by atoms with van der Waals surface area (Å²) >= 11 is 1.47. The first kappa shape index (κ1) is 14.5. The molecule has 0 saturated carbocycles. The van der Waals surface area contributed by atoms with Gasteiger partial charge in [0.2, 0.25) is 0 Å². The van der Waals surface area contributed by atoms with Crippen LogP contribution < -0.4 is 5.32 Å². The largest absolute Gasteiger partial charge is 0.480 e. The predicted molar refractivity (Wildman–Crippen MR) is 72.1 cm³/mol. The van der Waals surface area contributed by atoms with Crippen LogP contribution in [0.5, 0.6) is 0 Å². The standard InChI is InChI=1S/C12H20N2O4S/c1-12(2-4-18-5-3-12)7-13-11(17)14-8-19-6-9(14)10(15)16/h9H,2-8H2,1H3,(H,13,17)(H,15,16)/t9-/m0/s1. The van der Waals surface area contributed by atoms with Gasteiger partial charge >= 0.3 is 12.0 Å². The highest BCUT2D eigenvalue weighted by Gasteiger charge is 2.35. The number of carboxylic acids is 1. The van der Waals surface area contributed by atoms with Gasteiger partial charge in [0.15, 0.2) is 0 Å². The van der Waals surface area contributed by atoms with Gasteiger partial charge in [-0.25, -0.2) is 9.59 Å². The Morgan fingerprint density at radius 3 is 2.79 bits per heavy atom. The third kappa shape index (κ3) is 3.54. The number of nitrogens with zero attached hydrogens (tertiary/aromatic N) is 1. The fraction of sp³-hybridized carbons (Fsp3) is 0.833. The van der Waals surface area contributed by atoms with Gasteiger partial charge in [-0.3, -0.25) is 0 Å². The molecule has 2 aliphatic rings. The number of nitrogens with one attached hydrogen (secondary N) is 1. The highest BCUT2D eigenvalue weighted by molar-refractivity contribution is 7.99. The molecule has 2 saturated heterocycles. The Balaban J connectivity index is 1.85. The normalized spacial score (nSPS) is 26.2. The highest BCUT2D eigenvalue weighted by Crippen LogP contribution is 2.29. The number of hydrogen-bond acceptors (Lipinski definition) is 4. The Morgan fingerprint density at radius 2 is 2.16 bits per heavy atom. The SMILES string of the molecule is CC1(CNC(=O)N2CSC[C@H]2C(=O)O)CCOCC1. The van der Waals surface area contributed by atoms with Gasteiger partial charge in [0.05, 0.1) is 5.88 Å². The number of hydrogen-bond donors (Lipinski definition) is 2. The monoisotopic (exact) mass is 288 g/mol. The van der Waals surface area contributed by atoms with Crippen LogP contribution in [0.15, 0.2) is 0 Å². The van der Waals surface area contributed by atoms with Crippen molar-refractivity contribution in [2.45, 2.75) is 25.8 Å². The Bertz CT molecular complexity index is 358. The van der Waals surface area contributed by atoms with Gasteiger partial charge in [-0.1, -0.05) is 6.92 Å². The zero-order valence-corrected chi connectivity index (χ0v) is 11.9. The Hall–Kier alpha value is -0.950. The second-order valence-electron chi connectivity index (χ2n) is 5.41. The fourth-order valence-electron chi connectivity index (χ4n) is 2.28. The van der Waals surface area contributed by atoms with Crippen LogP contribution in [-0.2, 0) is 9.53 Å². The predicted octanol–water partition coefficient (Wildman–Crippen LogP) is 0.972. The van der Waals surface area contributed by atoms with E-state index in [1.807, 2.05) is 0 Å². The van der Waals surface area contributed by atoms with Crippen LogP contribution in [0, 0.1) is 5.41 Å².